The number of nitrogens with zero attached hydrogens (tertiary/aromatic N) is 4. The van der Waals surface area contributed by atoms with E-state index in [0.717, 1.165) is 5.39 Å². The van der Waals surface area contributed by atoms with E-state index in [9.17, 15) is 39.0 Å². The van der Waals surface area contributed by atoms with Crippen LogP contribution in [0.4, 0.5) is 0 Å². The standard InChI is InChI=1S/C22H19NO7.C20H20N2O4.C20H17NO6.C3H8/c1-13(24)28-12-19-18-11-16(30-15-7-5-4-6-8-15)9-10-17(18)21(29-14(2)25)20(23-19)22(26)27-3;1-22(2)12-17-16-11-14(26-13-7-5-4-6-8-13)9-10-15(16)19(23)18(21-17)20(24)25-3;1-12(22)26-11-17-16-10-14(27-13-6-4-3-5-7-13)8-9-15(16)19(23)18(21-17)20(24)25-2;1-3-2/h4-11H,12H2,1-3H3;4-11,23H,12H2,1-3H3;3-10,23H,11H2,1-2H3;3H2,1-2H3. The molecule has 0 aliphatic rings. The summed E-state index contributed by atoms with van der Waals surface area (Å²) >= 11 is 0. The highest BCUT2D eigenvalue weighted by molar-refractivity contribution is 6.03. The van der Waals surface area contributed by atoms with Gasteiger partial charge < -0.3 is 57.7 Å². The molecule has 3 aromatic heterocycles. The number of fused-ring (bicyclic) bond motifs is 3. The summed E-state index contributed by atoms with van der Waals surface area (Å²) in [5, 5.41) is 23.9. The molecule has 21 nitrogen and oxygen atoms in total. The van der Waals surface area contributed by atoms with E-state index < -0.39 is 35.8 Å². The Balaban J connectivity index is 0.000000202. The van der Waals surface area contributed by atoms with Crippen LogP contribution >= 0.6 is 0 Å². The molecule has 0 atom stereocenters. The van der Waals surface area contributed by atoms with E-state index in [1.54, 1.807) is 72.8 Å². The monoisotopic (exact) mass is 1170 g/mol. The lowest BCUT2D eigenvalue weighted by molar-refractivity contribution is -0.143. The summed E-state index contributed by atoms with van der Waals surface area (Å²) in [4.78, 5) is 84.9. The van der Waals surface area contributed by atoms with Crippen LogP contribution in [0.1, 0.15) is 89.6 Å². The number of benzene rings is 6. The molecule has 0 amide bonds. The average Bonchev–Trinajstić information content (AvgIpc) is 0.914. The van der Waals surface area contributed by atoms with Crippen molar-refractivity contribution in [2.75, 3.05) is 35.4 Å². The number of hydrogen-bond donors (Lipinski definition) is 2. The van der Waals surface area contributed by atoms with Crippen molar-refractivity contribution in [1.29, 1.82) is 0 Å². The zero-order valence-electron chi connectivity index (χ0n) is 49.0. The molecule has 0 fully saturated rings. The number of para-hydroxylation sites is 3. The summed E-state index contributed by atoms with van der Waals surface area (Å²) in [5.74, 6) is -0.833. The maximum atomic E-state index is 12.2. The van der Waals surface area contributed by atoms with Gasteiger partial charge in [-0.15, -0.1) is 0 Å². The minimum atomic E-state index is -0.790. The molecule has 0 saturated carbocycles. The van der Waals surface area contributed by atoms with Crippen LogP contribution in [-0.2, 0) is 57.8 Å². The predicted molar refractivity (Wildman–Crippen MR) is 318 cm³/mol. The number of esters is 6. The first-order chi connectivity index (χ1) is 41.3. The van der Waals surface area contributed by atoms with Crippen molar-refractivity contribution in [3.8, 4) is 51.7 Å². The molecule has 0 bridgehead atoms. The Morgan fingerprint density at radius 3 is 1.09 bits per heavy atom. The van der Waals surface area contributed by atoms with Crippen LogP contribution in [0.3, 0.4) is 0 Å². The first-order valence-corrected chi connectivity index (χ1v) is 26.6. The van der Waals surface area contributed by atoms with E-state index in [4.69, 9.17) is 37.9 Å². The molecule has 9 aromatic rings. The molecule has 0 saturated heterocycles. The summed E-state index contributed by atoms with van der Waals surface area (Å²) in [7, 11) is 7.45. The van der Waals surface area contributed by atoms with Gasteiger partial charge in [-0.1, -0.05) is 74.9 Å². The Morgan fingerprint density at radius 2 is 0.744 bits per heavy atom. The SMILES string of the molecule is CCC.COC(=O)c1nc(CN(C)C)c2cc(Oc3ccccc3)ccc2c1O.COC(=O)c1nc(COC(C)=O)c2cc(Oc3ccccc3)ccc2c1O.COC(=O)c1nc(COC(C)=O)c2cc(Oc3ccccc3)ccc2c1OC(C)=O. The molecule has 0 unspecified atom stereocenters. The zero-order chi connectivity index (χ0) is 62.5. The number of aromatic hydroxyl groups is 2. The smallest absolute Gasteiger partial charge is 0.360 e. The highest BCUT2D eigenvalue weighted by Gasteiger charge is 2.25. The van der Waals surface area contributed by atoms with E-state index in [-0.39, 0.29) is 53.2 Å². The lowest BCUT2D eigenvalue weighted by Crippen LogP contribution is -2.15. The van der Waals surface area contributed by atoms with Crippen LogP contribution in [0, 0.1) is 0 Å². The predicted octanol–water partition coefficient (Wildman–Crippen LogP) is 12.4. The van der Waals surface area contributed by atoms with Gasteiger partial charge in [-0.05, 0) is 105 Å². The Kier molecular flexibility index (Phi) is 23.3. The van der Waals surface area contributed by atoms with E-state index in [0.29, 0.717) is 79.4 Å². The Bertz CT molecular complexity index is 3860. The molecule has 0 spiro atoms. The van der Waals surface area contributed by atoms with Crippen LogP contribution in [0.25, 0.3) is 32.3 Å². The largest absolute Gasteiger partial charge is 0.505 e. The fourth-order valence-electron chi connectivity index (χ4n) is 8.03. The van der Waals surface area contributed by atoms with Crippen LogP contribution in [0.2, 0.25) is 0 Å². The fraction of sp³-hybridized carbons (Fsp3) is 0.215. The van der Waals surface area contributed by atoms with E-state index in [1.165, 1.54) is 48.5 Å². The van der Waals surface area contributed by atoms with Crippen molar-refractivity contribution in [3.05, 3.63) is 180 Å². The molecule has 21 heteroatoms. The molecule has 2 N–H and O–H groups in total. The number of hydrogen-bond acceptors (Lipinski definition) is 21. The zero-order valence-corrected chi connectivity index (χ0v) is 49.0. The minimum Gasteiger partial charge on any atom is -0.505 e. The second kappa shape index (κ2) is 31.1. The molecule has 6 aromatic carbocycles. The number of ether oxygens (including phenoxy) is 9. The summed E-state index contributed by atoms with van der Waals surface area (Å²) in [6, 6.07) is 42.9. The van der Waals surface area contributed by atoms with Gasteiger partial charge in [0.2, 0.25) is 0 Å². The Morgan fingerprint density at radius 1 is 0.419 bits per heavy atom. The van der Waals surface area contributed by atoms with Gasteiger partial charge in [-0.2, -0.15) is 0 Å². The molecular weight excluding hydrogens is 1110 g/mol. The van der Waals surface area contributed by atoms with Crippen LogP contribution < -0.4 is 18.9 Å². The van der Waals surface area contributed by atoms with Crippen molar-refractivity contribution in [2.24, 2.45) is 0 Å². The van der Waals surface area contributed by atoms with Crippen molar-refractivity contribution >= 4 is 68.1 Å². The quantitative estimate of drug-likeness (QED) is 0.0672. The molecule has 0 aliphatic carbocycles. The molecule has 9 rings (SSSR count). The van der Waals surface area contributed by atoms with Crippen LogP contribution in [0.15, 0.2) is 146 Å². The number of methoxy groups -OCH3 is 3. The number of carbonyl (C=O) groups excluding carboxylic acids is 6. The summed E-state index contributed by atoms with van der Waals surface area (Å²) in [6.45, 7) is 8.15. The molecule has 3 heterocycles. The van der Waals surface area contributed by atoms with Gasteiger partial charge in [-0.25, -0.2) is 29.3 Å². The van der Waals surface area contributed by atoms with Gasteiger partial charge >= 0.3 is 35.8 Å². The van der Waals surface area contributed by atoms with Gasteiger partial charge in [0, 0.05) is 59.6 Å². The summed E-state index contributed by atoms with van der Waals surface area (Å²) in [6.07, 6.45) is 1.25. The minimum absolute atomic E-state index is 0.0396. The number of pyridine rings is 3. The van der Waals surface area contributed by atoms with Gasteiger partial charge in [0.1, 0.15) is 47.7 Å². The lowest BCUT2D eigenvalue weighted by atomic mass is 10.1. The first kappa shape index (κ1) is 64.5. The topological polar surface area (TPSA) is 268 Å². The molecule has 0 aliphatic heterocycles. The van der Waals surface area contributed by atoms with Gasteiger partial charge in [-0.3, -0.25) is 14.4 Å². The van der Waals surface area contributed by atoms with Crippen LogP contribution in [0.5, 0.6) is 51.7 Å². The second-order valence-corrected chi connectivity index (χ2v) is 18.7. The third kappa shape index (κ3) is 17.4. The van der Waals surface area contributed by atoms with Crippen molar-refractivity contribution < 1.29 is 81.6 Å². The molecule has 86 heavy (non-hydrogen) atoms. The van der Waals surface area contributed by atoms with E-state index >= 15 is 0 Å². The molecular formula is C65H64N4O17. The first-order valence-electron chi connectivity index (χ1n) is 26.6. The van der Waals surface area contributed by atoms with Crippen molar-refractivity contribution in [1.82, 2.24) is 19.9 Å². The average molecular weight is 1170 g/mol. The fourth-order valence-corrected chi connectivity index (χ4v) is 8.03. The van der Waals surface area contributed by atoms with Gasteiger partial charge in [0.25, 0.3) is 0 Å². The maximum absolute atomic E-state index is 12.2. The highest BCUT2D eigenvalue weighted by atomic mass is 16.6. The van der Waals surface area contributed by atoms with Crippen molar-refractivity contribution in [3.63, 3.8) is 0 Å². The number of rotatable bonds is 16. The third-order valence-corrected chi connectivity index (χ3v) is 11.7. The van der Waals surface area contributed by atoms with Crippen molar-refractivity contribution in [2.45, 2.75) is 60.8 Å². The number of aromatic nitrogens is 3. The van der Waals surface area contributed by atoms with E-state index in [1.807, 2.05) is 91.8 Å². The summed E-state index contributed by atoms with van der Waals surface area (Å²) in [5.41, 5.74) is 0.713. The molecule has 0 radical (unpaired) electrons. The highest BCUT2D eigenvalue weighted by Crippen LogP contribution is 2.38. The number of carbonyl (C=O) groups is 6. The Hall–Kier alpha value is -10.7. The second-order valence-electron chi connectivity index (χ2n) is 18.7. The van der Waals surface area contributed by atoms with E-state index in [2.05, 4.69) is 33.5 Å². The molecule has 446 valence electrons. The van der Waals surface area contributed by atoms with Gasteiger partial charge in [0.15, 0.2) is 34.3 Å². The third-order valence-electron chi connectivity index (χ3n) is 11.7. The maximum Gasteiger partial charge on any atom is 0.360 e. The normalized spacial score (nSPS) is 10.4. The lowest BCUT2D eigenvalue weighted by Gasteiger charge is -2.15. The van der Waals surface area contributed by atoms with Crippen LogP contribution in [-0.4, -0.2) is 101 Å². The van der Waals surface area contributed by atoms with Gasteiger partial charge in [0.05, 0.1) is 38.4 Å². The Labute approximate surface area is 495 Å². The summed E-state index contributed by atoms with van der Waals surface area (Å²) < 4.78 is 47.0.